The molecule has 5 heteroatoms. The highest BCUT2D eigenvalue weighted by molar-refractivity contribution is 5.71. The van der Waals surface area contributed by atoms with Gasteiger partial charge in [0, 0.05) is 31.8 Å². The molecular formula is C17H24N4O. The number of fused-ring (bicyclic) bond motifs is 1. The number of pyridine rings is 1. The molecule has 2 unspecified atom stereocenters. The van der Waals surface area contributed by atoms with Crippen LogP contribution < -0.4 is 0 Å². The topological polar surface area (TPSA) is 43.2 Å². The summed E-state index contributed by atoms with van der Waals surface area (Å²) < 4.78 is 7.96. The molecule has 0 spiro atoms. The van der Waals surface area contributed by atoms with Crippen molar-refractivity contribution in [1.82, 2.24) is 19.4 Å². The van der Waals surface area contributed by atoms with Crippen LogP contribution in [0.4, 0.5) is 0 Å². The van der Waals surface area contributed by atoms with Crippen LogP contribution in [-0.4, -0.2) is 52.3 Å². The second-order valence-electron chi connectivity index (χ2n) is 6.54. The fraction of sp³-hybridized carbons (Fsp3) is 0.647. The Morgan fingerprint density at radius 2 is 2.32 bits per heavy atom. The van der Waals surface area contributed by atoms with E-state index in [9.17, 15) is 0 Å². The maximum atomic E-state index is 5.58. The van der Waals surface area contributed by atoms with E-state index in [0.717, 1.165) is 43.9 Å². The maximum absolute atomic E-state index is 5.58. The van der Waals surface area contributed by atoms with E-state index in [4.69, 9.17) is 9.72 Å². The lowest BCUT2D eigenvalue weighted by atomic mass is 10.1. The van der Waals surface area contributed by atoms with Crippen LogP contribution in [0.3, 0.4) is 0 Å². The second-order valence-corrected chi connectivity index (χ2v) is 6.54. The highest BCUT2D eigenvalue weighted by atomic mass is 16.5. The van der Waals surface area contributed by atoms with Gasteiger partial charge in [0.15, 0.2) is 5.65 Å². The summed E-state index contributed by atoms with van der Waals surface area (Å²) in [7, 11) is 0. The Labute approximate surface area is 131 Å². The molecule has 0 aliphatic carbocycles. The molecule has 2 aliphatic rings. The first kappa shape index (κ1) is 14.2. The highest BCUT2D eigenvalue weighted by Crippen LogP contribution is 2.29. The van der Waals surface area contributed by atoms with Crippen LogP contribution in [-0.2, 0) is 11.3 Å². The number of likely N-dealkylation sites (tertiary alicyclic amines) is 1. The maximum Gasteiger partial charge on any atom is 0.160 e. The first-order valence-corrected chi connectivity index (χ1v) is 8.46. The third-order valence-corrected chi connectivity index (χ3v) is 5.09. The van der Waals surface area contributed by atoms with Gasteiger partial charge in [-0.05, 0) is 44.0 Å². The lowest BCUT2D eigenvalue weighted by molar-refractivity contribution is 0.192. The lowest BCUT2D eigenvalue weighted by Crippen LogP contribution is -2.22. The first-order chi connectivity index (χ1) is 10.8. The van der Waals surface area contributed by atoms with Crippen LogP contribution in [0.5, 0.6) is 0 Å². The van der Waals surface area contributed by atoms with Crippen molar-refractivity contribution in [3.8, 4) is 0 Å². The zero-order chi connectivity index (χ0) is 14.9. The summed E-state index contributed by atoms with van der Waals surface area (Å²) in [5, 5.41) is 0. The fourth-order valence-electron chi connectivity index (χ4n) is 3.81. The van der Waals surface area contributed by atoms with Crippen LogP contribution in [0.1, 0.15) is 31.5 Å². The minimum Gasteiger partial charge on any atom is -0.381 e. The van der Waals surface area contributed by atoms with E-state index < -0.39 is 0 Å². The molecule has 0 amide bonds. The van der Waals surface area contributed by atoms with Crippen molar-refractivity contribution in [3.05, 3.63) is 24.2 Å². The molecule has 4 rings (SSSR count). The number of ether oxygens (including phenoxy) is 1. The van der Waals surface area contributed by atoms with Gasteiger partial charge in [-0.15, -0.1) is 0 Å². The normalized spacial score (nSPS) is 26.2. The van der Waals surface area contributed by atoms with E-state index in [2.05, 4.69) is 27.4 Å². The smallest absolute Gasteiger partial charge is 0.160 e. The van der Waals surface area contributed by atoms with Gasteiger partial charge in [-0.1, -0.05) is 6.92 Å². The molecule has 22 heavy (non-hydrogen) atoms. The van der Waals surface area contributed by atoms with Crippen LogP contribution >= 0.6 is 0 Å². The number of nitrogens with zero attached hydrogens (tertiary/aromatic N) is 4. The zero-order valence-electron chi connectivity index (χ0n) is 13.2. The molecule has 2 atom stereocenters. The van der Waals surface area contributed by atoms with Crippen LogP contribution in [0.25, 0.3) is 11.2 Å². The Morgan fingerprint density at radius 1 is 1.36 bits per heavy atom. The Balaban J connectivity index is 1.66. The summed E-state index contributed by atoms with van der Waals surface area (Å²) in [4.78, 5) is 12.0. The molecule has 4 heterocycles. The molecule has 118 valence electrons. The van der Waals surface area contributed by atoms with Gasteiger partial charge in [0.2, 0.25) is 0 Å². The van der Waals surface area contributed by atoms with E-state index in [1.807, 2.05) is 12.3 Å². The Kier molecular flexibility index (Phi) is 3.84. The third-order valence-electron chi connectivity index (χ3n) is 5.09. The molecule has 0 saturated carbocycles. The number of hydrogen-bond acceptors (Lipinski definition) is 4. The van der Waals surface area contributed by atoms with Gasteiger partial charge >= 0.3 is 0 Å². The quantitative estimate of drug-likeness (QED) is 0.869. The van der Waals surface area contributed by atoms with Gasteiger partial charge in [-0.2, -0.15) is 0 Å². The van der Waals surface area contributed by atoms with Crippen LogP contribution in [0, 0.1) is 5.92 Å². The average molecular weight is 300 g/mol. The van der Waals surface area contributed by atoms with E-state index in [1.165, 1.54) is 25.3 Å². The van der Waals surface area contributed by atoms with Crippen molar-refractivity contribution in [2.75, 3.05) is 32.8 Å². The Hall–Kier alpha value is -1.46. The van der Waals surface area contributed by atoms with Gasteiger partial charge in [0.05, 0.1) is 6.61 Å². The number of rotatable bonds is 4. The fourth-order valence-corrected chi connectivity index (χ4v) is 3.81. The van der Waals surface area contributed by atoms with Crippen molar-refractivity contribution in [1.29, 1.82) is 0 Å². The Morgan fingerprint density at radius 3 is 3.09 bits per heavy atom. The van der Waals surface area contributed by atoms with Gasteiger partial charge < -0.3 is 14.2 Å². The molecule has 2 fully saturated rings. The minimum atomic E-state index is 0.429. The summed E-state index contributed by atoms with van der Waals surface area (Å²) in [5.41, 5.74) is 2.06. The van der Waals surface area contributed by atoms with E-state index >= 15 is 0 Å². The van der Waals surface area contributed by atoms with Gasteiger partial charge in [0.1, 0.15) is 11.3 Å². The summed E-state index contributed by atoms with van der Waals surface area (Å²) in [6.45, 7) is 8.52. The average Bonchev–Trinajstić information content (AvgIpc) is 3.27. The molecule has 2 aliphatic heterocycles. The van der Waals surface area contributed by atoms with Gasteiger partial charge in [0.25, 0.3) is 0 Å². The van der Waals surface area contributed by atoms with Crippen LogP contribution in [0.2, 0.25) is 0 Å². The number of imidazole rings is 1. The predicted molar refractivity (Wildman–Crippen MR) is 85.9 cm³/mol. The number of hydrogen-bond donors (Lipinski definition) is 0. The first-order valence-electron chi connectivity index (χ1n) is 8.46. The van der Waals surface area contributed by atoms with Gasteiger partial charge in [-0.25, -0.2) is 9.97 Å². The van der Waals surface area contributed by atoms with Crippen molar-refractivity contribution in [3.63, 3.8) is 0 Å². The van der Waals surface area contributed by atoms with E-state index in [-0.39, 0.29) is 0 Å². The molecule has 0 radical (unpaired) electrons. The monoisotopic (exact) mass is 300 g/mol. The summed E-state index contributed by atoms with van der Waals surface area (Å²) >= 11 is 0. The lowest BCUT2D eigenvalue weighted by Gasteiger charge is -2.17. The molecular weight excluding hydrogens is 276 g/mol. The third kappa shape index (κ3) is 2.52. The predicted octanol–water partition coefficient (Wildman–Crippen LogP) is 2.28. The molecule has 0 N–H and O–H groups in total. The molecule has 2 aromatic rings. The highest BCUT2D eigenvalue weighted by Gasteiger charge is 2.28. The van der Waals surface area contributed by atoms with Crippen molar-refractivity contribution >= 4 is 11.2 Å². The van der Waals surface area contributed by atoms with Crippen LogP contribution in [0.15, 0.2) is 18.3 Å². The Bertz CT molecular complexity index is 647. The molecule has 2 saturated heterocycles. The number of aromatic nitrogens is 3. The minimum absolute atomic E-state index is 0.429. The zero-order valence-corrected chi connectivity index (χ0v) is 13.2. The SMILES string of the molecule is CCN1CCC(Cn2c(C3CCOC3)nc3cccnc32)C1. The van der Waals surface area contributed by atoms with E-state index in [0.29, 0.717) is 11.8 Å². The van der Waals surface area contributed by atoms with Crippen molar-refractivity contribution < 1.29 is 4.74 Å². The van der Waals surface area contributed by atoms with E-state index in [1.54, 1.807) is 0 Å². The molecule has 0 bridgehead atoms. The largest absolute Gasteiger partial charge is 0.381 e. The van der Waals surface area contributed by atoms with Crippen molar-refractivity contribution in [2.45, 2.75) is 32.2 Å². The summed E-state index contributed by atoms with van der Waals surface area (Å²) in [6, 6.07) is 4.05. The second kappa shape index (κ2) is 5.97. The molecule has 5 nitrogen and oxygen atoms in total. The van der Waals surface area contributed by atoms with Crippen molar-refractivity contribution in [2.24, 2.45) is 5.92 Å². The summed E-state index contributed by atoms with van der Waals surface area (Å²) in [6.07, 6.45) is 4.23. The summed E-state index contributed by atoms with van der Waals surface area (Å²) in [5.74, 6) is 2.32. The van der Waals surface area contributed by atoms with Gasteiger partial charge in [-0.3, -0.25) is 0 Å². The standard InChI is InChI=1S/C17H24N4O/c1-2-20-8-5-13(10-20)11-21-16(14-6-9-22-12-14)19-15-4-3-7-18-17(15)21/h3-4,7,13-14H,2,5-6,8-12H2,1H3. The molecule has 2 aromatic heterocycles. The molecule has 0 aromatic carbocycles.